The first-order chi connectivity index (χ1) is 17.6. The first-order valence-corrected chi connectivity index (χ1v) is 13.8. The van der Waals surface area contributed by atoms with Gasteiger partial charge >= 0.3 is 0 Å². The fourth-order valence-electron chi connectivity index (χ4n) is 4.73. The zero-order valence-corrected chi connectivity index (χ0v) is 21.4. The molecule has 0 saturated carbocycles. The number of benzene rings is 3. The molecule has 0 aromatic heterocycles. The third kappa shape index (κ3) is 7.90. The molecule has 1 saturated heterocycles. The van der Waals surface area contributed by atoms with Gasteiger partial charge in [-0.2, -0.15) is 0 Å². The van der Waals surface area contributed by atoms with Crippen LogP contribution in [0.25, 0.3) is 0 Å². The van der Waals surface area contributed by atoms with Crippen molar-refractivity contribution < 1.29 is 13.6 Å². The molecule has 1 fully saturated rings. The van der Waals surface area contributed by atoms with Gasteiger partial charge in [0.1, 0.15) is 11.6 Å². The number of nitrogens with zero attached hydrogens (tertiary/aromatic N) is 2. The molecular formula is C30H34F2N2OS. The number of unbranched alkanes of at least 4 members (excludes halogenated alkanes) is 1. The first-order valence-electron chi connectivity index (χ1n) is 12.8. The number of thioether (sulfide) groups is 1. The molecule has 1 aliphatic heterocycles. The topological polar surface area (TPSA) is 23.6 Å². The molecule has 36 heavy (non-hydrogen) atoms. The van der Waals surface area contributed by atoms with Gasteiger partial charge in [-0.1, -0.05) is 48.9 Å². The van der Waals surface area contributed by atoms with Crippen molar-refractivity contribution in [2.45, 2.75) is 36.5 Å². The Labute approximate surface area is 217 Å². The molecule has 0 atom stereocenters. The Kier molecular flexibility index (Phi) is 9.93. The van der Waals surface area contributed by atoms with Crippen LogP contribution in [0.2, 0.25) is 0 Å². The molecule has 190 valence electrons. The average Bonchev–Trinajstić information content (AvgIpc) is 2.91. The van der Waals surface area contributed by atoms with Gasteiger partial charge in [0.2, 0.25) is 5.91 Å². The molecule has 3 aromatic carbocycles. The number of carbonyl (C=O) groups excluding carboxylic acids is 1. The molecule has 6 heteroatoms. The summed E-state index contributed by atoms with van der Waals surface area (Å²) in [7, 11) is 0. The van der Waals surface area contributed by atoms with Crippen molar-refractivity contribution in [2.75, 3.05) is 38.5 Å². The molecule has 4 rings (SSSR count). The third-order valence-corrected chi connectivity index (χ3v) is 7.81. The summed E-state index contributed by atoms with van der Waals surface area (Å²) >= 11 is 1.88. The number of carbonyl (C=O) groups is 1. The lowest BCUT2D eigenvalue weighted by Gasteiger charge is -2.34. The molecule has 3 aromatic rings. The Morgan fingerprint density at radius 3 is 1.94 bits per heavy atom. The molecule has 0 unspecified atom stereocenters. The van der Waals surface area contributed by atoms with Crippen molar-refractivity contribution in [2.24, 2.45) is 0 Å². The van der Waals surface area contributed by atoms with Crippen molar-refractivity contribution >= 4 is 17.7 Å². The zero-order valence-electron chi connectivity index (χ0n) is 20.6. The van der Waals surface area contributed by atoms with E-state index in [1.807, 2.05) is 22.7 Å². The summed E-state index contributed by atoms with van der Waals surface area (Å²) in [5, 5.41) is 0. The van der Waals surface area contributed by atoms with Crippen molar-refractivity contribution in [1.82, 2.24) is 9.80 Å². The van der Waals surface area contributed by atoms with E-state index in [2.05, 4.69) is 29.2 Å². The largest absolute Gasteiger partial charge is 0.340 e. The Hall–Kier alpha value is -2.70. The monoisotopic (exact) mass is 508 g/mol. The predicted octanol–water partition coefficient (Wildman–Crippen LogP) is 6.59. The van der Waals surface area contributed by atoms with Crippen molar-refractivity contribution in [3.63, 3.8) is 0 Å². The van der Waals surface area contributed by atoms with E-state index in [1.54, 1.807) is 24.3 Å². The van der Waals surface area contributed by atoms with E-state index in [0.29, 0.717) is 6.42 Å². The van der Waals surface area contributed by atoms with Crippen LogP contribution in [0.4, 0.5) is 8.78 Å². The number of rotatable bonds is 11. The molecule has 0 spiro atoms. The highest BCUT2D eigenvalue weighted by Crippen LogP contribution is 2.30. The van der Waals surface area contributed by atoms with Gasteiger partial charge in [-0.25, -0.2) is 8.78 Å². The summed E-state index contributed by atoms with van der Waals surface area (Å²) in [5.74, 6) is 0.808. The molecule has 0 aliphatic carbocycles. The number of halogens is 2. The Morgan fingerprint density at radius 2 is 1.36 bits per heavy atom. The van der Waals surface area contributed by atoms with Crippen LogP contribution in [0.3, 0.4) is 0 Å². The number of amides is 1. The minimum Gasteiger partial charge on any atom is -0.340 e. The predicted molar refractivity (Wildman–Crippen MR) is 143 cm³/mol. The van der Waals surface area contributed by atoms with E-state index in [0.717, 1.165) is 68.9 Å². The summed E-state index contributed by atoms with van der Waals surface area (Å²) in [4.78, 5) is 18.5. The van der Waals surface area contributed by atoms with Gasteiger partial charge in [0.05, 0.1) is 0 Å². The van der Waals surface area contributed by atoms with Gasteiger partial charge in [0, 0.05) is 55.7 Å². The second-order valence-corrected chi connectivity index (χ2v) is 10.5. The quantitative estimate of drug-likeness (QED) is 0.216. The van der Waals surface area contributed by atoms with Crippen LogP contribution in [-0.2, 0) is 4.79 Å². The van der Waals surface area contributed by atoms with Crippen LogP contribution in [0, 0.1) is 11.6 Å². The summed E-state index contributed by atoms with van der Waals surface area (Å²) in [6, 6.07) is 23.5. The van der Waals surface area contributed by atoms with Gasteiger partial charge in [-0.3, -0.25) is 9.69 Å². The van der Waals surface area contributed by atoms with Crippen molar-refractivity contribution in [3.05, 3.63) is 102 Å². The highest BCUT2D eigenvalue weighted by molar-refractivity contribution is 7.99. The van der Waals surface area contributed by atoms with Crippen LogP contribution in [-0.4, -0.2) is 54.2 Å². The molecule has 1 amide bonds. The molecule has 1 aliphatic rings. The van der Waals surface area contributed by atoms with Crippen molar-refractivity contribution in [1.29, 1.82) is 0 Å². The highest BCUT2D eigenvalue weighted by Gasteiger charge is 2.21. The molecule has 3 nitrogen and oxygen atoms in total. The van der Waals surface area contributed by atoms with E-state index in [-0.39, 0.29) is 23.5 Å². The highest BCUT2D eigenvalue weighted by atomic mass is 32.2. The third-order valence-electron chi connectivity index (χ3n) is 6.82. The van der Waals surface area contributed by atoms with E-state index >= 15 is 0 Å². The van der Waals surface area contributed by atoms with Gasteiger partial charge in [0.25, 0.3) is 0 Å². The average molecular weight is 509 g/mol. The molecule has 0 radical (unpaired) electrons. The van der Waals surface area contributed by atoms with Crippen LogP contribution in [0.5, 0.6) is 0 Å². The minimum absolute atomic E-state index is 0.0543. The summed E-state index contributed by atoms with van der Waals surface area (Å²) in [6.45, 7) is 4.48. The van der Waals surface area contributed by atoms with Crippen molar-refractivity contribution in [3.8, 4) is 0 Å². The van der Waals surface area contributed by atoms with Crippen LogP contribution >= 0.6 is 11.8 Å². The maximum atomic E-state index is 13.4. The molecule has 1 heterocycles. The lowest BCUT2D eigenvalue weighted by molar-refractivity contribution is -0.133. The standard InChI is InChI=1S/C30H34F2N2OS/c31-26-14-10-24(11-15-26)29(25-12-16-27(32)17-13-25)8-4-5-9-30(35)34-20-18-33(19-21-34)22-23-36-28-6-2-1-3-7-28/h1-3,6-7,10-17,29H,4-5,8-9,18-23H2. The number of hydrogen-bond donors (Lipinski definition) is 0. The van der Waals surface area contributed by atoms with Gasteiger partial charge in [-0.15, -0.1) is 11.8 Å². The van der Waals surface area contributed by atoms with Crippen LogP contribution < -0.4 is 0 Å². The SMILES string of the molecule is O=C(CCCCC(c1ccc(F)cc1)c1ccc(F)cc1)N1CCN(CCSc2ccccc2)CC1. The molecule has 0 bridgehead atoms. The van der Waals surface area contributed by atoms with E-state index in [1.165, 1.54) is 29.2 Å². The second-order valence-electron chi connectivity index (χ2n) is 9.29. The van der Waals surface area contributed by atoms with Crippen LogP contribution in [0.15, 0.2) is 83.8 Å². The molecule has 0 N–H and O–H groups in total. The summed E-state index contributed by atoms with van der Waals surface area (Å²) < 4.78 is 26.9. The Bertz CT molecular complexity index is 1020. The smallest absolute Gasteiger partial charge is 0.222 e. The van der Waals surface area contributed by atoms with E-state index in [4.69, 9.17) is 0 Å². The van der Waals surface area contributed by atoms with E-state index in [9.17, 15) is 13.6 Å². The Morgan fingerprint density at radius 1 is 0.778 bits per heavy atom. The molecular weight excluding hydrogens is 474 g/mol. The minimum atomic E-state index is -0.266. The maximum Gasteiger partial charge on any atom is 0.222 e. The zero-order chi connectivity index (χ0) is 25.2. The van der Waals surface area contributed by atoms with E-state index < -0.39 is 0 Å². The summed E-state index contributed by atoms with van der Waals surface area (Å²) in [6.07, 6.45) is 3.06. The van der Waals surface area contributed by atoms with Gasteiger partial charge in [0.15, 0.2) is 0 Å². The lowest BCUT2D eigenvalue weighted by atomic mass is 9.87. The number of piperazine rings is 1. The van der Waals surface area contributed by atoms with Crippen LogP contribution in [0.1, 0.15) is 42.7 Å². The fraction of sp³-hybridized carbons (Fsp3) is 0.367. The maximum absolute atomic E-state index is 13.4. The normalized spacial score (nSPS) is 14.4. The fourth-order valence-corrected chi connectivity index (χ4v) is 5.66. The van der Waals surface area contributed by atoms with Gasteiger partial charge in [-0.05, 0) is 60.4 Å². The lowest BCUT2D eigenvalue weighted by Crippen LogP contribution is -2.49. The van der Waals surface area contributed by atoms with Gasteiger partial charge < -0.3 is 4.90 Å². The summed E-state index contributed by atoms with van der Waals surface area (Å²) in [5.41, 5.74) is 2.02. The first kappa shape index (κ1) is 26.4. The second kappa shape index (κ2) is 13.6. The number of hydrogen-bond acceptors (Lipinski definition) is 3. The Balaban J connectivity index is 1.18.